The van der Waals surface area contributed by atoms with Gasteiger partial charge in [-0.3, -0.25) is 19.4 Å². The Balaban J connectivity index is 1.89. The smallest absolute Gasteiger partial charge is 0.333 e. The van der Waals surface area contributed by atoms with Crippen LogP contribution in [0.15, 0.2) is 47.0 Å². The van der Waals surface area contributed by atoms with Crippen LogP contribution >= 0.6 is 0 Å². The summed E-state index contributed by atoms with van der Waals surface area (Å²) in [5, 5.41) is 0. The number of urea groups is 1. The molecule has 2 aliphatic heterocycles. The predicted molar refractivity (Wildman–Crippen MR) is 107 cm³/mol. The van der Waals surface area contributed by atoms with Gasteiger partial charge in [0.2, 0.25) is 5.96 Å². The van der Waals surface area contributed by atoms with Crippen LogP contribution in [0, 0.1) is 0 Å². The lowest BCUT2D eigenvalue weighted by atomic mass is 10.1. The number of imide groups is 2. The average molecular weight is 381 g/mol. The highest BCUT2D eigenvalue weighted by molar-refractivity contribution is 6.28. The molecule has 8 heteroatoms. The molecule has 0 atom stereocenters. The minimum atomic E-state index is -0.637. The molecule has 0 aliphatic carbocycles. The van der Waals surface area contributed by atoms with E-state index in [0.29, 0.717) is 0 Å². The maximum atomic E-state index is 12.2. The van der Waals surface area contributed by atoms with E-state index in [1.807, 2.05) is 38.4 Å². The molecule has 0 spiro atoms. The number of barbiturate groups is 1. The van der Waals surface area contributed by atoms with E-state index in [1.54, 1.807) is 12.2 Å². The molecule has 2 aliphatic rings. The maximum absolute atomic E-state index is 12.2. The summed E-state index contributed by atoms with van der Waals surface area (Å²) >= 11 is 0. The van der Waals surface area contributed by atoms with Gasteiger partial charge in [0, 0.05) is 46.8 Å². The highest BCUT2D eigenvalue weighted by Gasteiger charge is 2.37. The van der Waals surface area contributed by atoms with Crippen LogP contribution in [0.5, 0.6) is 0 Å². The third kappa shape index (κ3) is 3.53. The zero-order valence-corrected chi connectivity index (χ0v) is 16.4. The molecule has 0 unspecified atom stereocenters. The van der Waals surface area contributed by atoms with Gasteiger partial charge in [0.1, 0.15) is 5.57 Å². The molecule has 2 fully saturated rings. The van der Waals surface area contributed by atoms with E-state index in [0.717, 1.165) is 40.1 Å². The summed E-state index contributed by atoms with van der Waals surface area (Å²) in [6.07, 6.45) is 4.85. The molecule has 4 amide bonds. The van der Waals surface area contributed by atoms with Crippen molar-refractivity contribution in [2.24, 2.45) is 4.99 Å². The summed E-state index contributed by atoms with van der Waals surface area (Å²) in [6.45, 7) is 1.84. The number of para-hydroxylation sites is 1. The summed E-state index contributed by atoms with van der Waals surface area (Å²) in [5.74, 6) is -0.334. The number of aliphatic imine (C=N–C) groups is 1. The number of hydrogen-bond donors (Lipinski definition) is 0. The van der Waals surface area contributed by atoms with Crippen LogP contribution in [0.1, 0.15) is 5.56 Å². The summed E-state index contributed by atoms with van der Waals surface area (Å²) in [6, 6.07) is 7.00. The third-order valence-corrected chi connectivity index (χ3v) is 4.79. The van der Waals surface area contributed by atoms with Gasteiger partial charge < -0.3 is 9.80 Å². The second kappa shape index (κ2) is 7.67. The van der Waals surface area contributed by atoms with E-state index >= 15 is 0 Å². The molecule has 2 saturated heterocycles. The fraction of sp³-hybridized carbons (Fsp3) is 0.300. The Morgan fingerprint density at radius 2 is 1.46 bits per heavy atom. The quantitative estimate of drug-likeness (QED) is 0.586. The first-order valence-corrected chi connectivity index (χ1v) is 8.89. The van der Waals surface area contributed by atoms with E-state index < -0.39 is 17.8 Å². The minimum absolute atomic E-state index is 0.0556. The lowest BCUT2D eigenvalue weighted by molar-refractivity contribution is -0.134. The van der Waals surface area contributed by atoms with Crippen molar-refractivity contribution in [3.8, 4) is 0 Å². The highest BCUT2D eigenvalue weighted by atomic mass is 16.2. The van der Waals surface area contributed by atoms with Gasteiger partial charge in [-0.25, -0.2) is 9.79 Å². The van der Waals surface area contributed by atoms with Gasteiger partial charge in [0.15, 0.2) is 0 Å². The molecule has 28 heavy (non-hydrogen) atoms. The van der Waals surface area contributed by atoms with Crippen LogP contribution in [0.2, 0.25) is 0 Å². The number of amides is 4. The van der Waals surface area contributed by atoms with Crippen molar-refractivity contribution in [2.75, 3.05) is 41.3 Å². The maximum Gasteiger partial charge on any atom is 0.333 e. The van der Waals surface area contributed by atoms with Crippen LogP contribution in [-0.2, 0) is 9.59 Å². The summed E-state index contributed by atoms with van der Waals surface area (Å²) in [4.78, 5) is 47.0. The molecular formula is C20H23N5O3. The number of rotatable bonds is 3. The Hall–Kier alpha value is -3.42. The Labute approximate surface area is 164 Å². The lowest BCUT2D eigenvalue weighted by Gasteiger charge is -2.28. The van der Waals surface area contributed by atoms with Gasteiger partial charge in [-0.2, -0.15) is 0 Å². The largest absolute Gasteiger partial charge is 0.344 e. The predicted octanol–water partition coefficient (Wildman–Crippen LogP) is 1.54. The molecule has 0 saturated carbocycles. The first kappa shape index (κ1) is 19.3. The second-order valence-corrected chi connectivity index (χ2v) is 6.76. The number of carbonyl (C=O) groups excluding carboxylic acids is 3. The van der Waals surface area contributed by atoms with Crippen molar-refractivity contribution in [2.45, 2.75) is 0 Å². The Morgan fingerprint density at radius 3 is 2.07 bits per heavy atom. The van der Waals surface area contributed by atoms with Crippen molar-refractivity contribution >= 4 is 35.6 Å². The van der Waals surface area contributed by atoms with Crippen molar-refractivity contribution in [1.29, 1.82) is 0 Å². The van der Waals surface area contributed by atoms with Gasteiger partial charge in [0.05, 0.1) is 5.69 Å². The third-order valence-electron chi connectivity index (χ3n) is 4.79. The van der Waals surface area contributed by atoms with Crippen LogP contribution in [-0.4, -0.2) is 84.7 Å². The standard InChI is InChI=1S/C20H23N5O3/c1-22-12-13-23(2)19(22)21-16-11-6-5-8-14(16)9-7-10-15-17(26)24(3)20(28)25(4)18(15)27/h5-11H,12-13H2,1-4H3. The van der Waals surface area contributed by atoms with E-state index in [4.69, 9.17) is 4.99 Å². The molecule has 1 aromatic carbocycles. The van der Waals surface area contributed by atoms with E-state index in [9.17, 15) is 14.4 Å². The van der Waals surface area contributed by atoms with Crippen LogP contribution < -0.4 is 0 Å². The topological polar surface area (TPSA) is 76.5 Å². The van der Waals surface area contributed by atoms with Gasteiger partial charge in [-0.1, -0.05) is 30.4 Å². The molecule has 1 aromatic rings. The first-order valence-electron chi connectivity index (χ1n) is 8.89. The Bertz CT molecular complexity index is 880. The zero-order valence-electron chi connectivity index (χ0n) is 16.4. The Morgan fingerprint density at radius 1 is 0.893 bits per heavy atom. The number of hydrogen-bond acceptors (Lipinski definition) is 4. The normalized spacial score (nSPS) is 18.1. The van der Waals surface area contributed by atoms with Crippen molar-refractivity contribution in [3.63, 3.8) is 0 Å². The fourth-order valence-corrected chi connectivity index (χ4v) is 3.04. The van der Waals surface area contributed by atoms with E-state index in [1.165, 1.54) is 20.2 Å². The summed E-state index contributed by atoms with van der Waals surface area (Å²) in [5.41, 5.74) is 1.59. The van der Waals surface area contributed by atoms with Gasteiger partial charge in [-0.05, 0) is 12.1 Å². The van der Waals surface area contributed by atoms with Crippen LogP contribution in [0.4, 0.5) is 10.5 Å². The summed E-state index contributed by atoms with van der Waals surface area (Å²) < 4.78 is 0. The number of nitrogens with zero attached hydrogens (tertiary/aromatic N) is 5. The number of carbonyl (C=O) groups is 3. The van der Waals surface area contributed by atoms with E-state index in [-0.39, 0.29) is 5.57 Å². The van der Waals surface area contributed by atoms with Crippen molar-refractivity contribution < 1.29 is 14.4 Å². The molecule has 0 aromatic heterocycles. The Kier molecular flexibility index (Phi) is 5.30. The average Bonchev–Trinajstić information content (AvgIpc) is 3.00. The van der Waals surface area contributed by atoms with Crippen LogP contribution in [0.3, 0.4) is 0 Å². The van der Waals surface area contributed by atoms with Gasteiger partial charge in [0.25, 0.3) is 11.8 Å². The molecule has 0 radical (unpaired) electrons. The first-order chi connectivity index (χ1) is 13.3. The summed E-state index contributed by atoms with van der Waals surface area (Å²) in [7, 11) is 6.70. The van der Waals surface area contributed by atoms with Crippen molar-refractivity contribution in [1.82, 2.24) is 19.6 Å². The number of likely N-dealkylation sites (N-methyl/N-ethyl adjacent to an activating group) is 4. The van der Waals surface area contributed by atoms with Crippen LogP contribution in [0.25, 0.3) is 6.08 Å². The molecule has 0 bridgehead atoms. The molecular weight excluding hydrogens is 358 g/mol. The van der Waals surface area contributed by atoms with E-state index in [2.05, 4.69) is 9.80 Å². The molecule has 146 valence electrons. The van der Waals surface area contributed by atoms with Gasteiger partial charge >= 0.3 is 6.03 Å². The highest BCUT2D eigenvalue weighted by Crippen LogP contribution is 2.23. The number of benzene rings is 1. The molecule has 8 nitrogen and oxygen atoms in total. The zero-order chi connectivity index (χ0) is 20.4. The number of guanidine groups is 1. The van der Waals surface area contributed by atoms with Gasteiger partial charge in [-0.15, -0.1) is 0 Å². The SMILES string of the molecule is CN1CCN(C)C1=Nc1ccccc1C=CC=C1C(=O)N(C)C(=O)N(C)C1=O. The lowest BCUT2D eigenvalue weighted by Crippen LogP contribution is -2.52. The monoisotopic (exact) mass is 381 g/mol. The fourth-order valence-electron chi connectivity index (χ4n) is 3.04. The molecule has 3 rings (SSSR count). The molecule has 2 heterocycles. The second-order valence-electron chi connectivity index (χ2n) is 6.76. The minimum Gasteiger partial charge on any atom is -0.344 e. The van der Waals surface area contributed by atoms with Crippen molar-refractivity contribution in [3.05, 3.63) is 47.6 Å². The molecule has 0 N–H and O–H groups in total. The number of allylic oxidation sites excluding steroid dienone is 2.